The largest absolute Gasteiger partial charge is 0.479 e. The van der Waals surface area contributed by atoms with Crippen LogP contribution in [0.5, 0.6) is 5.88 Å². The minimum absolute atomic E-state index is 0.0383. The zero-order valence-corrected chi connectivity index (χ0v) is 20.2. The summed E-state index contributed by atoms with van der Waals surface area (Å²) in [6.07, 6.45) is 2.34. The van der Waals surface area contributed by atoms with Crippen LogP contribution >= 0.6 is 11.6 Å². The summed E-state index contributed by atoms with van der Waals surface area (Å²) in [4.78, 5) is 21.8. The minimum atomic E-state index is -0.593. The highest BCUT2D eigenvalue weighted by Crippen LogP contribution is 2.40. The molecule has 1 amide bonds. The van der Waals surface area contributed by atoms with Crippen molar-refractivity contribution < 1.29 is 9.53 Å². The van der Waals surface area contributed by atoms with Crippen LogP contribution in [0.1, 0.15) is 5.56 Å². The number of nitrogens with one attached hydrogen (secondary N) is 1. The zero-order chi connectivity index (χ0) is 24.4. The number of nitrogens with zero attached hydrogens (tertiary/aromatic N) is 4. The first kappa shape index (κ1) is 23.1. The number of aromatic amines is 1. The summed E-state index contributed by atoms with van der Waals surface area (Å²) in [5, 5.41) is 8.76. The number of hydrogen-bond donors (Lipinski definition) is 2. The Balaban J connectivity index is 1.37. The minimum Gasteiger partial charge on any atom is -0.479 e. The number of ether oxygens (including phenoxy) is 1. The molecule has 35 heavy (non-hydrogen) atoms. The predicted molar refractivity (Wildman–Crippen MR) is 138 cm³/mol. The van der Waals surface area contributed by atoms with E-state index in [1.807, 2.05) is 53.6 Å². The van der Waals surface area contributed by atoms with E-state index in [-0.39, 0.29) is 5.91 Å². The molecule has 1 aliphatic rings. The second-order valence-corrected chi connectivity index (χ2v) is 9.03. The number of pyridine rings is 1. The molecule has 0 radical (unpaired) electrons. The van der Waals surface area contributed by atoms with Gasteiger partial charge in [0, 0.05) is 43.0 Å². The van der Waals surface area contributed by atoms with Crippen LogP contribution in [0.15, 0.2) is 60.8 Å². The molecule has 8 nitrogen and oxygen atoms in total. The zero-order valence-electron chi connectivity index (χ0n) is 19.4. The molecule has 1 fully saturated rings. The van der Waals surface area contributed by atoms with Gasteiger partial charge < -0.3 is 20.3 Å². The molecule has 2 aromatic heterocycles. The van der Waals surface area contributed by atoms with Crippen molar-refractivity contribution in [1.82, 2.24) is 20.1 Å². The molecule has 3 heterocycles. The van der Waals surface area contributed by atoms with E-state index in [4.69, 9.17) is 22.1 Å². The average molecular weight is 491 g/mol. The molecule has 180 valence electrons. The van der Waals surface area contributed by atoms with Gasteiger partial charge >= 0.3 is 0 Å². The number of H-pyrrole nitrogens is 1. The second-order valence-electron chi connectivity index (χ2n) is 8.59. The van der Waals surface area contributed by atoms with Gasteiger partial charge in [-0.2, -0.15) is 0 Å². The lowest BCUT2D eigenvalue weighted by atomic mass is 10.0. The first-order chi connectivity index (χ1) is 17.0. The first-order valence-electron chi connectivity index (χ1n) is 11.6. The van der Waals surface area contributed by atoms with Crippen LogP contribution in [-0.4, -0.2) is 65.3 Å². The number of hydrogen-bond acceptors (Lipinski definition) is 6. The summed E-state index contributed by atoms with van der Waals surface area (Å²) < 4.78 is 5.55. The number of piperazine rings is 1. The molecule has 1 atom stereocenters. The summed E-state index contributed by atoms with van der Waals surface area (Å²) in [5.74, 6) is 0.465. The summed E-state index contributed by atoms with van der Waals surface area (Å²) >= 11 is 5.97. The van der Waals surface area contributed by atoms with Crippen LogP contribution in [0.2, 0.25) is 5.02 Å². The van der Waals surface area contributed by atoms with Gasteiger partial charge in [-0.05, 0) is 29.7 Å². The normalized spacial score (nSPS) is 14.8. The van der Waals surface area contributed by atoms with E-state index in [2.05, 4.69) is 32.2 Å². The molecule has 1 aliphatic heterocycles. The fraction of sp³-hybridized carbons (Fsp3) is 0.269. The molecule has 0 aliphatic carbocycles. The Morgan fingerprint density at radius 1 is 1.11 bits per heavy atom. The lowest BCUT2D eigenvalue weighted by Crippen LogP contribution is -2.53. The molecule has 1 saturated heterocycles. The van der Waals surface area contributed by atoms with Crippen LogP contribution in [-0.2, 0) is 11.2 Å². The lowest BCUT2D eigenvalue weighted by Gasteiger charge is -2.38. The van der Waals surface area contributed by atoms with Gasteiger partial charge in [-0.15, -0.1) is 5.10 Å². The number of nitrogens with two attached hydrogens (primary N) is 1. The summed E-state index contributed by atoms with van der Waals surface area (Å²) in [5.41, 5.74) is 11.0. The number of benzene rings is 2. The van der Waals surface area contributed by atoms with E-state index in [9.17, 15) is 4.79 Å². The highest BCUT2D eigenvalue weighted by Gasteiger charge is 2.29. The van der Waals surface area contributed by atoms with Gasteiger partial charge in [0.15, 0.2) is 5.65 Å². The Hall–Kier alpha value is -3.62. The van der Waals surface area contributed by atoms with Crippen LogP contribution in [0, 0.1) is 0 Å². The van der Waals surface area contributed by atoms with Crippen molar-refractivity contribution in [3.8, 4) is 17.0 Å². The van der Waals surface area contributed by atoms with Crippen LogP contribution in [0.4, 0.5) is 5.69 Å². The molecule has 0 bridgehead atoms. The monoisotopic (exact) mass is 490 g/mol. The average Bonchev–Trinajstić information content (AvgIpc) is 3.33. The van der Waals surface area contributed by atoms with Crippen molar-refractivity contribution in [3.63, 3.8) is 0 Å². The highest BCUT2D eigenvalue weighted by atomic mass is 35.5. The van der Waals surface area contributed by atoms with Gasteiger partial charge in [0.05, 0.1) is 18.8 Å². The van der Waals surface area contributed by atoms with Gasteiger partial charge in [-0.3, -0.25) is 9.89 Å². The van der Waals surface area contributed by atoms with Gasteiger partial charge in [0.2, 0.25) is 11.8 Å². The van der Waals surface area contributed by atoms with Crippen molar-refractivity contribution >= 4 is 34.2 Å². The third-order valence-electron chi connectivity index (χ3n) is 6.40. The lowest BCUT2D eigenvalue weighted by molar-refractivity contribution is -0.132. The topological polar surface area (TPSA) is 100 Å². The maximum absolute atomic E-state index is 13.1. The van der Waals surface area contributed by atoms with E-state index in [0.29, 0.717) is 49.1 Å². The molecule has 2 aromatic carbocycles. The van der Waals surface area contributed by atoms with E-state index < -0.39 is 6.04 Å². The number of carbonyl (C=O) groups is 1. The van der Waals surface area contributed by atoms with Crippen molar-refractivity contribution in [3.05, 3.63) is 71.4 Å². The molecular weight excluding hydrogens is 464 g/mol. The van der Waals surface area contributed by atoms with Gasteiger partial charge in [-0.1, -0.05) is 54.1 Å². The Labute approximate surface area is 208 Å². The molecule has 9 heteroatoms. The van der Waals surface area contributed by atoms with Crippen molar-refractivity contribution in [2.45, 2.75) is 12.5 Å². The highest BCUT2D eigenvalue weighted by molar-refractivity contribution is 6.30. The standard InChI is InChI=1S/C26H27ClN6O2/c1-35-25-22-23(20(16-29-24(22)30-31-25)18-5-3-2-4-6-18)32-11-13-33(14-12-32)26(34)21(28)15-17-7-9-19(27)10-8-17/h2-10,16,21H,11-15,28H2,1H3,(H,29,30,31)/t21-/m1/s1. The SMILES string of the molecule is COc1n[nH]c2ncc(-c3ccccc3)c(N3CCN(C(=O)[C@H](N)Cc4ccc(Cl)cc4)CC3)c12. The van der Waals surface area contributed by atoms with Crippen LogP contribution in [0.3, 0.4) is 0 Å². The Morgan fingerprint density at radius 2 is 1.83 bits per heavy atom. The number of halogens is 1. The Bertz CT molecular complexity index is 1320. The molecule has 0 unspecified atom stereocenters. The van der Waals surface area contributed by atoms with Crippen LogP contribution < -0.4 is 15.4 Å². The first-order valence-corrected chi connectivity index (χ1v) is 11.9. The number of rotatable bonds is 6. The van der Waals surface area contributed by atoms with Crippen molar-refractivity contribution in [2.24, 2.45) is 5.73 Å². The van der Waals surface area contributed by atoms with Crippen LogP contribution in [0.25, 0.3) is 22.2 Å². The third kappa shape index (κ3) is 4.67. The predicted octanol–water partition coefficient (Wildman–Crippen LogP) is 3.51. The Kier molecular flexibility index (Phi) is 6.57. The maximum Gasteiger partial charge on any atom is 0.244 e. The molecule has 0 spiro atoms. The maximum atomic E-state index is 13.1. The number of fused-ring (bicyclic) bond motifs is 1. The Morgan fingerprint density at radius 3 is 2.51 bits per heavy atom. The third-order valence-corrected chi connectivity index (χ3v) is 6.65. The number of amides is 1. The summed E-state index contributed by atoms with van der Waals surface area (Å²) in [7, 11) is 1.60. The van der Waals surface area contributed by atoms with Gasteiger partial charge in [0.25, 0.3) is 0 Å². The van der Waals surface area contributed by atoms with E-state index in [0.717, 1.165) is 27.8 Å². The smallest absolute Gasteiger partial charge is 0.244 e. The molecule has 0 saturated carbocycles. The summed E-state index contributed by atoms with van der Waals surface area (Å²) in [6.45, 7) is 2.47. The molecular formula is C26H27ClN6O2. The van der Waals surface area contributed by atoms with E-state index in [1.54, 1.807) is 7.11 Å². The number of anilines is 1. The fourth-order valence-corrected chi connectivity index (χ4v) is 4.73. The molecule has 4 aromatic rings. The van der Waals surface area contributed by atoms with Crippen molar-refractivity contribution in [1.29, 1.82) is 0 Å². The number of carbonyl (C=O) groups excluding carboxylic acids is 1. The quantitative estimate of drug-likeness (QED) is 0.429. The van der Waals surface area contributed by atoms with Crippen molar-refractivity contribution in [2.75, 3.05) is 38.2 Å². The van der Waals surface area contributed by atoms with Gasteiger partial charge in [0.1, 0.15) is 5.39 Å². The summed E-state index contributed by atoms with van der Waals surface area (Å²) in [6, 6.07) is 17.0. The van der Waals surface area contributed by atoms with E-state index >= 15 is 0 Å². The molecule has 3 N–H and O–H groups in total. The molecule has 5 rings (SSSR count). The van der Waals surface area contributed by atoms with E-state index in [1.165, 1.54) is 0 Å². The number of methoxy groups -OCH3 is 1. The number of aromatic nitrogens is 3. The fourth-order valence-electron chi connectivity index (χ4n) is 4.60. The van der Waals surface area contributed by atoms with Gasteiger partial charge in [-0.25, -0.2) is 4.98 Å². The second kappa shape index (κ2) is 9.93.